The molecule has 2 rings (SSSR count). The van der Waals surface area contributed by atoms with E-state index in [1.165, 1.54) is 44.9 Å². The summed E-state index contributed by atoms with van der Waals surface area (Å²) in [5.41, 5.74) is 1.00. The van der Waals surface area contributed by atoms with Crippen molar-refractivity contribution in [2.75, 3.05) is 5.32 Å². The van der Waals surface area contributed by atoms with Crippen LogP contribution >= 0.6 is 0 Å². The number of aryl methyl sites for hydroxylation is 1. The second kappa shape index (κ2) is 5.83. The molecular weight excluding hydrogens is 198 g/mol. The van der Waals surface area contributed by atoms with Gasteiger partial charge in [-0.15, -0.1) is 0 Å². The lowest BCUT2D eigenvalue weighted by atomic mass is 9.97. The first kappa shape index (κ1) is 11.4. The molecule has 1 aliphatic rings. The molecule has 0 saturated heterocycles. The third-order valence-electron chi connectivity index (χ3n) is 3.33. The quantitative estimate of drug-likeness (QED) is 0.829. The molecule has 1 aliphatic carbocycles. The fraction of sp³-hybridized carbons (Fsp3) is 0.692. The topological polar surface area (TPSA) is 37.8 Å². The van der Waals surface area contributed by atoms with Gasteiger partial charge >= 0.3 is 0 Å². The molecule has 1 fully saturated rings. The van der Waals surface area contributed by atoms with E-state index >= 15 is 0 Å². The van der Waals surface area contributed by atoms with Crippen molar-refractivity contribution < 1.29 is 0 Å². The molecule has 16 heavy (non-hydrogen) atoms. The van der Waals surface area contributed by atoms with Crippen molar-refractivity contribution in [1.29, 1.82) is 0 Å². The predicted molar refractivity (Wildman–Crippen MR) is 66.5 cm³/mol. The molecule has 1 aromatic heterocycles. The average Bonchev–Trinajstić information content (AvgIpc) is 2.24. The lowest BCUT2D eigenvalue weighted by Gasteiger charge is -2.21. The minimum atomic E-state index is 0.593. The van der Waals surface area contributed by atoms with Crippen LogP contribution in [-0.4, -0.2) is 16.0 Å². The first-order chi connectivity index (χ1) is 7.86. The second-order valence-corrected chi connectivity index (χ2v) is 4.68. The van der Waals surface area contributed by atoms with Crippen molar-refractivity contribution in [2.45, 2.75) is 57.9 Å². The highest BCUT2D eigenvalue weighted by Crippen LogP contribution is 2.20. The molecular formula is C13H21N3. The van der Waals surface area contributed by atoms with Gasteiger partial charge in [-0.2, -0.15) is 0 Å². The molecule has 0 spiro atoms. The van der Waals surface area contributed by atoms with Gasteiger partial charge in [0.05, 0.1) is 5.69 Å². The number of rotatable bonds is 2. The van der Waals surface area contributed by atoms with Gasteiger partial charge in [0, 0.05) is 18.4 Å². The summed E-state index contributed by atoms with van der Waals surface area (Å²) in [5.74, 6) is 0.966. The summed E-state index contributed by atoms with van der Waals surface area (Å²) in [4.78, 5) is 8.61. The van der Waals surface area contributed by atoms with E-state index in [1.807, 2.05) is 6.92 Å². The van der Waals surface area contributed by atoms with Gasteiger partial charge in [0.25, 0.3) is 0 Å². The molecule has 0 aromatic carbocycles. The van der Waals surface area contributed by atoms with Crippen LogP contribution in [-0.2, 0) is 0 Å². The third kappa shape index (κ3) is 3.19. The van der Waals surface area contributed by atoms with Gasteiger partial charge in [-0.25, -0.2) is 4.98 Å². The van der Waals surface area contributed by atoms with E-state index in [9.17, 15) is 0 Å². The summed E-state index contributed by atoms with van der Waals surface area (Å²) in [5, 5.41) is 3.54. The first-order valence-electron chi connectivity index (χ1n) is 6.40. The van der Waals surface area contributed by atoms with Crippen molar-refractivity contribution in [3.63, 3.8) is 0 Å². The summed E-state index contributed by atoms with van der Waals surface area (Å²) < 4.78 is 0. The summed E-state index contributed by atoms with van der Waals surface area (Å²) in [7, 11) is 0. The lowest BCUT2D eigenvalue weighted by Crippen LogP contribution is -2.22. The van der Waals surface area contributed by atoms with E-state index in [4.69, 9.17) is 0 Å². The van der Waals surface area contributed by atoms with Crippen LogP contribution in [0.5, 0.6) is 0 Å². The van der Waals surface area contributed by atoms with Gasteiger partial charge in [-0.1, -0.05) is 32.1 Å². The first-order valence-corrected chi connectivity index (χ1v) is 6.40. The van der Waals surface area contributed by atoms with Crippen molar-refractivity contribution in [3.8, 4) is 0 Å². The average molecular weight is 219 g/mol. The van der Waals surface area contributed by atoms with Gasteiger partial charge in [0.1, 0.15) is 5.82 Å². The fourth-order valence-corrected chi connectivity index (χ4v) is 2.34. The molecule has 0 radical (unpaired) electrons. The number of hydrogen-bond donors (Lipinski definition) is 1. The third-order valence-corrected chi connectivity index (χ3v) is 3.33. The van der Waals surface area contributed by atoms with Gasteiger partial charge in [0.2, 0.25) is 0 Å². The van der Waals surface area contributed by atoms with Crippen LogP contribution in [0.1, 0.15) is 50.6 Å². The molecule has 1 aromatic rings. The summed E-state index contributed by atoms with van der Waals surface area (Å²) in [6.45, 7) is 2.01. The standard InChI is InChI=1S/C13H21N3/c1-11-13(15-10-9-14-11)16-12-7-5-3-2-4-6-8-12/h9-10,12H,2-8H2,1H3,(H,15,16). The number of hydrogen-bond acceptors (Lipinski definition) is 3. The predicted octanol–water partition coefficient (Wildman–Crippen LogP) is 3.31. The SMILES string of the molecule is Cc1nccnc1NC1CCCCCCC1. The zero-order valence-electron chi connectivity index (χ0n) is 10.1. The van der Waals surface area contributed by atoms with Crippen LogP contribution in [0.4, 0.5) is 5.82 Å². The Kier molecular flexibility index (Phi) is 4.14. The summed E-state index contributed by atoms with van der Waals surface area (Å²) in [6.07, 6.45) is 12.9. The van der Waals surface area contributed by atoms with Crippen LogP contribution < -0.4 is 5.32 Å². The van der Waals surface area contributed by atoms with Crippen molar-refractivity contribution in [1.82, 2.24) is 9.97 Å². The van der Waals surface area contributed by atoms with Crippen molar-refractivity contribution >= 4 is 5.82 Å². The van der Waals surface area contributed by atoms with Gasteiger partial charge < -0.3 is 5.32 Å². The van der Waals surface area contributed by atoms with E-state index in [-0.39, 0.29) is 0 Å². The van der Waals surface area contributed by atoms with Crippen LogP contribution in [0, 0.1) is 6.92 Å². The Bertz CT molecular complexity index is 317. The van der Waals surface area contributed by atoms with E-state index in [0.29, 0.717) is 6.04 Å². The van der Waals surface area contributed by atoms with Gasteiger partial charge in [-0.05, 0) is 19.8 Å². The van der Waals surface area contributed by atoms with Crippen molar-refractivity contribution in [3.05, 3.63) is 18.1 Å². The van der Waals surface area contributed by atoms with Crippen LogP contribution in [0.15, 0.2) is 12.4 Å². The van der Waals surface area contributed by atoms with E-state index in [0.717, 1.165) is 11.5 Å². The van der Waals surface area contributed by atoms with Gasteiger partial charge in [0.15, 0.2) is 0 Å². The summed E-state index contributed by atoms with van der Waals surface area (Å²) in [6, 6.07) is 0.593. The molecule has 0 amide bonds. The van der Waals surface area contributed by atoms with Crippen LogP contribution in [0.2, 0.25) is 0 Å². The van der Waals surface area contributed by atoms with Gasteiger partial charge in [-0.3, -0.25) is 4.98 Å². The molecule has 3 heteroatoms. The lowest BCUT2D eigenvalue weighted by molar-refractivity contribution is 0.470. The number of anilines is 1. The molecule has 0 aliphatic heterocycles. The maximum Gasteiger partial charge on any atom is 0.147 e. The van der Waals surface area contributed by atoms with Crippen LogP contribution in [0.3, 0.4) is 0 Å². The Morgan fingerprint density at radius 3 is 2.31 bits per heavy atom. The maximum absolute atomic E-state index is 4.35. The molecule has 1 N–H and O–H groups in total. The zero-order valence-corrected chi connectivity index (χ0v) is 10.1. The Balaban J connectivity index is 1.94. The number of nitrogens with zero attached hydrogens (tertiary/aromatic N) is 2. The van der Waals surface area contributed by atoms with E-state index < -0.39 is 0 Å². The highest BCUT2D eigenvalue weighted by molar-refractivity contribution is 5.39. The molecule has 0 unspecified atom stereocenters. The largest absolute Gasteiger partial charge is 0.366 e. The molecule has 3 nitrogen and oxygen atoms in total. The number of nitrogens with one attached hydrogen (secondary N) is 1. The summed E-state index contributed by atoms with van der Waals surface area (Å²) >= 11 is 0. The highest BCUT2D eigenvalue weighted by atomic mass is 15.0. The minimum absolute atomic E-state index is 0.593. The number of aromatic nitrogens is 2. The zero-order chi connectivity index (χ0) is 11.2. The molecule has 1 heterocycles. The van der Waals surface area contributed by atoms with E-state index in [2.05, 4.69) is 15.3 Å². The normalized spacial score (nSPS) is 18.8. The Morgan fingerprint density at radius 2 is 1.62 bits per heavy atom. The van der Waals surface area contributed by atoms with Crippen LogP contribution in [0.25, 0.3) is 0 Å². The molecule has 1 saturated carbocycles. The molecule has 88 valence electrons. The monoisotopic (exact) mass is 219 g/mol. The Hall–Kier alpha value is -1.12. The van der Waals surface area contributed by atoms with Crippen molar-refractivity contribution in [2.24, 2.45) is 0 Å². The second-order valence-electron chi connectivity index (χ2n) is 4.68. The fourth-order valence-electron chi connectivity index (χ4n) is 2.34. The Morgan fingerprint density at radius 1 is 1.00 bits per heavy atom. The minimum Gasteiger partial charge on any atom is -0.366 e. The smallest absolute Gasteiger partial charge is 0.147 e. The highest BCUT2D eigenvalue weighted by Gasteiger charge is 2.12. The maximum atomic E-state index is 4.35. The van der Waals surface area contributed by atoms with E-state index in [1.54, 1.807) is 12.4 Å². The molecule has 0 atom stereocenters. The Labute approximate surface area is 97.7 Å². The molecule has 0 bridgehead atoms.